The third-order valence-electron chi connectivity index (χ3n) is 2.61. The maximum Gasteiger partial charge on any atom is 0.329 e. The summed E-state index contributed by atoms with van der Waals surface area (Å²) in [6.45, 7) is 0.227. The lowest BCUT2D eigenvalue weighted by Gasteiger charge is -2.06. The maximum absolute atomic E-state index is 11.9. The summed E-state index contributed by atoms with van der Waals surface area (Å²) in [5, 5.41) is 1.89. The van der Waals surface area contributed by atoms with Gasteiger partial charge in [0.2, 0.25) is 5.28 Å². The zero-order valence-electron chi connectivity index (χ0n) is 9.46. The molecule has 3 aromatic rings. The Morgan fingerprint density at radius 2 is 2.21 bits per heavy atom. The Hall–Kier alpha value is -1.99. The molecule has 3 aromatic heterocycles. The van der Waals surface area contributed by atoms with Gasteiger partial charge in [0.15, 0.2) is 0 Å². The number of thiophene rings is 1. The van der Waals surface area contributed by atoms with E-state index in [9.17, 15) is 9.59 Å². The second-order valence-electron chi connectivity index (χ2n) is 3.80. The van der Waals surface area contributed by atoms with E-state index in [0.29, 0.717) is 15.9 Å². The standard InChI is InChI=1S/C11H7ClN4O2S/c12-10-13-3-1-6(14-10)5-16-7-2-4-19-8(7)9(17)15-11(16)18/h1-4H,5H2,(H,15,17,18). The molecule has 0 aromatic carbocycles. The van der Waals surface area contributed by atoms with Gasteiger partial charge >= 0.3 is 5.69 Å². The number of halogens is 1. The van der Waals surface area contributed by atoms with Crippen molar-refractivity contribution in [2.75, 3.05) is 0 Å². The Bertz CT molecular complexity index is 867. The number of hydrogen-bond acceptors (Lipinski definition) is 5. The summed E-state index contributed by atoms with van der Waals surface area (Å²) in [6.07, 6.45) is 1.52. The topological polar surface area (TPSA) is 80.6 Å². The van der Waals surface area contributed by atoms with E-state index in [1.807, 2.05) is 0 Å². The molecule has 6 nitrogen and oxygen atoms in total. The molecule has 0 saturated heterocycles. The van der Waals surface area contributed by atoms with Crippen LogP contribution in [0.1, 0.15) is 5.69 Å². The highest BCUT2D eigenvalue weighted by Gasteiger charge is 2.09. The van der Waals surface area contributed by atoms with Crippen molar-refractivity contribution in [1.82, 2.24) is 19.5 Å². The predicted molar refractivity (Wildman–Crippen MR) is 72.8 cm³/mol. The first kappa shape index (κ1) is 12.1. The van der Waals surface area contributed by atoms with Crippen LogP contribution >= 0.6 is 22.9 Å². The molecule has 3 rings (SSSR count). The molecule has 0 bridgehead atoms. The summed E-state index contributed by atoms with van der Waals surface area (Å²) in [5.41, 5.74) is 0.354. The highest BCUT2D eigenvalue weighted by Crippen LogP contribution is 2.15. The van der Waals surface area contributed by atoms with Crippen LogP contribution in [0, 0.1) is 0 Å². The molecule has 1 N–H and O–H groups in total. The number of aromatic nitrogens is 4. The van der Waals surface area contributed by atoms with E-state index < -0.39 is 5.69 Å². The van der Waals surface area contributed by atoms with Crippen molar-refractivity contribution < 1.29 is 0 Å². The first-order valence-electron chi connectivity index (χ1n) is 5.33. The van der Waals surface area contributed by atoms with E-state index in [-0.39, 0.29) is 17.4 Å². The van der Waals surface area contributed by atoms with Gasteiger partial charge in [0.25, 0.3) is 5.56 Å². The molecule has 0 aliphatic rings. The van der Waals surface area contributed by atoms with E-state index in [0.717, 1.165) is 0 Å². The fourth-order valence-electron chi connectivity index (χ4n) is 1.79. The molecule has 96 valence electrons. The minimum Gasteiger partial charge on any atom is -0.286 e. The molecular weight excluding hydrogens is 288 g/mol. The van der Waals surface area contributed by atoms with Gasteiger partial charge in [-0.2, -0.15) is 0 Å². The van der Waals surface area contributed by atoms with Gasteiger partial charge in [0.05, 0.1) is 17.8 Å². The Morgan fingerprint density at radius 3 is 3.00 bits per heavy atom. The van der Waals surface area contributed by atoms with Gasteiger partial charge in [-0.05, 0) is 29.1 Å². The van der Waals surface area contributed by atoms with E-state index in [1.54, 1.807) is 17.5 Å². The predicted octanol–water partition coefficient (Wildman–Crippen LogP) is 1.24. The van der Waals surface area contributed by atoms with Gasteiger partial charge < -0.3 is 0 Å². The zero-order chi connectivity index (χ0) is 13.4. The summed E-state index contributed by atoms with van der Waals surface area (Å²) in [5.74, 6) is 0. The van der Waals surface area contributed by atoms with Crippen molar-refractivity contribution in [3.63, 3.8) is 0 Å². The summed E-state index contributed by atoms with van der Waals surface area (Å²) < 4.78 is 1.96. The first-order chi connectivity index (χ1) is 9.15. The zero-order valence-corrected chi connectivity index (χ0v) is 11.0. The minimum atomic E-state index is -0.467. The molecule has 0 atom stereocenters. The molecule has 0 fully saturated rings. The lowest BCUT2D eigenvalue weighted by Crippen LogP contribution is -2.30. The highest BCUT2D eigenvalue weighted by atomic mass is 35.5. The molecule has 3 heterocycles. The lowest BCUT2D eigenvalue weighted by atomic mass is 10.3. The van der Waals surface area contributed by atoms with Crippen LogP contribution in [0.3, 0.4) is 0 Å². The van der Waals surface area contributed by atoms with Crippen molar-refractivity contribution in [3.8, 4) is 0 Å². The second-order valence-corrected chi connectivity index (χ2v) is 5.05. The van der Waals surface area contributed by atoms with Crippen LogP contribution in [-0.4, -0.2) is 19.5 Å². The monoisotopic (exact) mass is 294 g/mol. The molecule has 0 saturated carbocycles. The fourth-order valence-corrected chi connectivity index (χ4v) is 2.75. The molecule has 0 unspecified atom stereocenters. The van der Waals surface area contributed by atoms with Gasteiger partial charge in [-0.3, -0.25) is 14.3 Å². The number of nitrogens with zero attached hydrogens (tertiary/aromatic N) is 3. The summed E-state index contributed by atoms with van der Waals surface area (Å²) in [7, 11) is 0. The van der Waals surface area contributed by atoms with Crippen molar-refractivity contribution in [1.29, 1.82) is 0 Å². The van der Waals surface area contributed by atoms with Crippen LogP contribution in [0.5, 0.6) is 0 Å². The number of hydrogen-bond donors (Lipinski definition) is 1. The van der Waals surface area contributed by atoms with Gasteiger partial charge in [-0.25, -0.2) is 14.8 Å². The van der Waals surface area contributed by atoms with Gasteiger partial charge in [0, 0.05) is 6.20 Å². The smallest absolute Gasteiger partial charge is 0.286 e. The largest absolute Gasteiger partial charge is 0.329 e. The van der Waals surface area contributed by atoms with E-state index >= 15 is 0 Å². The minimum absolute atomic E-state index is 0.122. The van der Waals surface area contributed by atoms with Crippen LogP contribution in [-0.2, 0) is 6.54 Å². The average Bonchev–Trinajstić information content (AvgIpc) is 2.84. The fraction of sp³-hybridized carbons (Fsp3) is 0.0909. The normalized spacial score (nSPS) is 11.0. The quantitative estimate of drug-likeness (QED) is 0.721. The molecule has 0 aliphatic carbocycles. The summed E-state index contributed by atoms with van der Waals surface area (Å²) in [4.78, 5) is 33.6. The molecule has 19 heavy (non-hydrogen) atoms. The Kier molecular flexibility index (Phi) is 2.92. The van der Waals surface area contributed by atoms with Crippen LogP contribution in [0.25, 0.3) is 10.2 Å². The average molecular weight is 295 g/mol. The number of nitrogens with one attached hydrogen (secondary N) is 1. The number of fused-ring (bicyclic) bond motifs is 1. The summed E-state index contributed by atoms with van der Waals surface area (Å²) >= 11 is 7.00. The molecule has 0 radical (unpaired) electrons. The van der Waals surface area contributed by atoms with Crippen molar-refractivity contribution in [2.45, 2.75) is 6.54 Å². The van der Waals surface area contributed by atoms with Gasteiger partial charge in [-0.1, -0.05) is 0 Å². The number of rotatable bonds is 2. The Balaban J connectivity index is 2.18. The maximum atomic E-state index is 11.9. The third-order valence-corrected chi connectivity index (χ3v) is 3.70. The highest BCUT2D eigenvalue weighted by molar-refractivity contribution is 7.17. The SMILES string of the molecule is O=c1[nH]c(=O)n(Cc2ccnc(Cl)n2)c2ccsc12. The van der Waals surface area contributed by atoms with Crippen LogP contribution in [0.15, 0.2) is 33.3 Å². The second kappa shape index (κ2) is 4.60. The molecule has 8 heteroatoms. The molecule has 0 amide bonds. The van der Waals surface area contributed by atoms with Gasteiger partial charge in [0.1, 0.15) is 4.70 Å². The Labute approximate surface area is 115 Å². The number of aromatic amines is 1. The third kappa shape index (κ3) is 2.18. The van der Waals surface area contributed by atoms with Crippen molar-refractivity contribution >= 4 is 33.2 Å². The van der Waals surface area contributed by atoms with Crippen molar-refractivity contribution in [2.24, 2.45) is 0 Å². The van der Waals surface area contributed by atoms with E-state index in [1.165, 1.54) is 22.1 Å². The van der Waals surface area contributed by atoms with E-state index in [2.05, 4.69) is 15.0 Å². The van der Waals surface area contributed by atoms with Crippen molar-refractivity contribution in [3.05, 3.63) is 55.5 Å². The van der Waals surface area contributed by atoms with Gasteiger partial charge in [-0.15, -0.1) is 11.3 Å². The van der Waals surface area contributed by atoms with Crippen LogP contribution in [0.2, 0.25) is 5.28 Å². The Morgan fingerprint density at radius 1 is 1.37 bits per heavy atom. The molecular formula is C11H7ClN4O2S. The molecule has 0 spiro atoms. The number of H-pyrrole nitrogens is 1. The van der Waals surface area contributed by atoms with Crippen LogP contribution in [0.4, 0.5) is 0 Å². The first-order valence-corrected chi connectivity index (χ1v) is 6.58. The lowest BCUT2D eigenvalue weighted by molar-refractivity contribution is 0.736. The summed E-state index contributed by atoms with van der Waals surface area (Å²) in [6, 6.07) is 3.40. The molecule has 0 aliphatic heterocycles. The van der Waals surface area contributed by atoms with E-state index in [4.69, 9.17) is 11.6 Å². The van der Waals surface area contributed by atoms with Crippen LogP contribution < -0.4 is 11.2 Å².